The van der Waals surface area contributed by atoms with Crippen molar-refractivity contribution in [3.8, 4) is 0 Å². The highest BCUT2D eigenvalue weighted by Crippen LogP contribution is 2.25. The van der Waals surface area contributed by atoms with Gasteiger partial charge in [-0.15, -0.1) is 0 Å². The maximum Gasteiger partial charge on any atom is 0.255 e. The van der Waals surface area contributed by atoms with Crippen LogP contribution in [-0.2, 0) is 10.0 Å². The van der Waals surface area contributed by atoms with E-state index in [9.17, 15) is 18.0 Å². The molecule has 0 unspecified atom stereocenters. The van der Waals surface area contributed by atoms with Crippen LogP contribution in [0.25, 0.3) is 0 Å². The number of carbonyl (C=O) groups excluding carboxylic acids is 2. The monoisotopic (exact) mass is 479 g/mol. The molecule has 174 valence electrons. The van der Waals surface area contributed by atoms with Gasteiger partial charge in [0.2, 0.25) is 10.0 Å². The van der Waals surface area contributed by atoms with Gasteiger partial charge in [-0.25, -0.2) is 8.42 Å². The molecule has 7 nitrogen and oxygen atoms in total. The molecule has 32 heavy (non-hydrogen) atoms. The van der Waals surface area contributed by atoms with E-state index in [4.69, 9.17) is 11.6 Å². The molecule has 0 aliphatic carbocycles. The van der Waals surface area contributed by atoms with Gasteiger partial charge in [-0.3, -0.25) is 9.59 Å². The third kappa shape index (κ3) is 5.49. The van der Waals surface area contributed by atoms with Crippen LogP contribution in [0.1, 0.15) is 54.0 Å². The fourth-order valence-electron chi connectivity index (χ4n) is 3.37. The number of amides is 2. The van der Waals surface area contributed by atoms with E-state index in [1.54, 1.807) is 49.9 Å². The Morgan fingerprint density at radius 1 is 0.938 bits per heavy atom. The molecular formula is C23H30ClN3O4S. The maximum atomic E-state index is 12.9. The summed E-state index contributed by atoms with van der Waals surface area (Å²) < 4.78 is 27.2. The predicted octanol–water partition coefficient (Wildman–Crippen LogP) is 4.41. The largest absolute Gasteiger partial charge is 0.339 e. The van der Waals surface area contributed by atoms with E-state index in [2.05, 4.69) is 5.32 Å². The quantitative estimate of drug-likeness (QED) is 0.577. The molecular weight excluding hydrogens is 450 g/mol. The molecule has 0 heterocycles. The van der Waals surface area contributed by atoms with Crippen molar-refractivity contribution in [2.45, 2.75) is 39.5 Å². The number of aryl methyl sites for hydroxylation is 1. The van der Waals surface area contributed by atoms with Gasteiger partial charge in [0.15, 0.2) is 0 Å². The average Bonchev–Trinajstić information content (AvgIpc) is 2.75. The number of rotatable bonds is 9. The van der Waals surface area contributed by atoms with E-state index < -0.39 is 15.9 Å². The van der Waals surface area contributed by atoms with Gasteiger partial charge in [0.05, 0.1) is 15.5 Å². The van der Waals surface area contributed by atoms with Crippen LogP contribution in [0.4, 0.5) is 5.69 Å². The van der Waals surface area contributed by atoms with Crippen LogP contribution in [0, 0.1) is 6.92 Å². The minimum absolute atomic E-state index is 0.104. The molecule has 2 aromatic rings. The van der Waals surface area contributed by atoms with Crippen LogP contribution >= 0.6 is 11.6 Å². The number of nitrogens with one attached hydrogen (secondary N) is 1. The minimum Gasteiger partial charge on any atom is -0.339 e. The second-order valence-corrected chi connectivity index (χ2v) is 9.51. The van der Waals surface area contributed by atoms with Gasteiger partial charge in [-0.2, -0.15) is 4.31 Å². The highest BCUT2D eigenvalue weighted by molar-refractivity contribution is 7.89. The second kappa shape index (κ2) is 10.9. The molecule has 0 saturated heterocycles. The summed E-state index contributed by atoms with van der Waals surface area (Å²) in [5.41, 5.74) is 1.54. The molecule has 0 bridgehead atoms. The third-order valence-corrected chi connectivity index (χ3v) is 7.79. The number of nitrogens with zero attached hydrogens (tertiary/aromatic N) is 2. The third-order valence-electron chi connectivity index (χ3n) is 5.28. The molecule has 2 rings (SSSR count). The van der Waals surface area contributed by atoms with Crippen molar-refractivity contribution in [2.24, 2.45) is 0 Å². The first-order valence-electron chi connectivity index (χ1n) is 10.6. The first-order valence-corrected chi connectivity index (χ1v) is 12.4. The lowest BCUT2D eigenvalue weighted by Crippen LogP contribution is -2.31. The van der Waals surface area contributed by atoms with Crippen LogP contribution < -0.4 is 5.32 Å². The lowest BCUT2D eigenvalue weighted by atomic mass is 10.1. The summed E-state index contributed by atoms with van der Waals surface area (Å²) >= 11 is 6.30. The van der Waals surface area contributed by atoms with Crippen LogP contribution in [0.5, 0.6) is 0 Å². The SMILES string of the molecule is CCN(CC)C(=O)c1ccc(NC(=O)c2ccc(C)c(S(=O)(=O)N(CC)CC)c2)cc1Cl. The van der Waals surface area contributed by atoms with Crippen molar-refractivity contribution < 1.29 is 18.0 Å². The number of sulfonamides is 1. The Hall–Kier alpha value is -2.42. The van der Waals surface area contributed by atoms with Gasteiger partial charge >= 0.3 is 0 Å². The molecule has 1 N–H and O–H groups in total. The topological polar surface area (TPSA) is 86.8 Å². The number of benzene rings is 2. The van der Waals surface area contributed by atoms with E-state index in [0.717, 1.165) is 0 Å². The van der Waals surface area contributed by atoms with E-state index in [1.165, 1.54) is 16.4 Å². The molecule has 2 aromatic carbocycles. The van der Waals surface area contributed by atoms with E-state index >= 15 is 0 Å². The summed E-state index contributed by atoms with van der Waals surface area (Å²) in [6, 6.07) is 9.26. The van der Waals surface area contributed by atoms with Crippen molar-refractivity contribution in [2.75, 3.05) is 31.5 Å². The average molecular weight is 480 g/mol. The van der Waals surface area contributed by atoms with Gasteiger partial charge in [0.25, 0.3) is 11.8 Å². The Labute approximate surface area is 195 Å². The van der Waals surface area contributed by atoms with E-state index in [-0.39, 0.29) is 21.4 Å². The minimum atomic E-state index is -3.71. The number of carbonyl (C=O) groups is 2. The van der Waals surface area contributed by atoms with Gasteiger partial charge in [-0.1, -0.05) is 31.5 Å². The molecule has 0 radical (unpaired) electrons. The van der Waals surface area contributed by atoms with Crippen LogP contribution in [0.2, 0.25) is 5.02 Å². The first-order chi connectivity index (χ1) is 15.1. The van der Waals surface area contributed by atoms with Gasteiger partial charge < -0.3 is 10.2 Å². The molecule has 0 saturated carbocycles. The fourth-order valence-corrected chi connectivity index (χ4v) is 5.34. The molecule has 0 fully saturated rings. The van der Waals surface area contributed by atoms with Gasteiger partial charge in [-0.05, 0) is 56.7 Å². The molecule has 0 spiro atoms. The number of halogens is 1. The summed E-state index contributed by atoms with van der Waals surface area (Å²) in [6.45, 7) is 10.8. The summed E-state index contributed by atoms with van der Waals surface area (Å²) in [5.74, 6) is -0.650. The highest BCUT2D eigenvalue weighted by atomic mass is 35.5. The second-order valence-electron chi connectivity index (χ2n) is 7.20. The Balaban J connectivity index is 2.30. The van der Waals surface area contributed by atoms with Crippen LogP contribution in [0.3, 0.4) is 0 Å². The normalized spacial score (nSPS) is 11.5. The van der Waals surface area contributed by atoms with Crippen LogP contribution in [-0.4, -0.2) is 55.6 Å². The van der Waals surface area contributed by atoms with Crippen molar-refractivity contribution in [1.29, 1.82) is 0 Å². The highest BCUT2D eigenvalue weighted by Gasteiger charge is 2.25. The zero-order valence-electron chi connectivity index (χ0n) is 19.1. The van der Waals surface area contributed by atoms with Crippen molar-refractivity contribution in [1.82, 2.24) is 9.21 Å². The number of hydrogen-bond donors (Lipinski definition) is 1. The summed E-state index contributed by atoms with van der Waals surface area (Å²) in [4.78, 5) is 27.1. The summed E-state index contributed by atoms with van der Waals surface area (Å²) in [5, 5.41) is 2.95. The van der Waals surface area contributed by atoms with Crippen LogP contribution in [0.15, 0.2) is 41.3 Å². The van der Waals surface area contributed by atoms with Crippen molar-refractivity contribution in [3.05, 3.63) is 58.1 Å². The Morgan fingerprint density at radius 3 is 2.09 bits per heavy atom. The van der Waals surface area contributed by atoms with Crippen molar-refractivity contribution in [3.63, 3.8) is 0 Å². The Bertz CT molecular complexity index is 1090. The molecule has 9 heteroatoms. The molecule has 0 aromatic heterocycles. The molecule has 0 atom stereocenters. The predicted molar refractivity (Wildman–Crippen MR) is 128 cm³/mol. The smallest absolute Gasteiger partial charge is 0.255 e. The Morgan fingerprint density at radius 2 is 1.56 bits per heavy atom. The lowest BCUT2D eigenvalue weighted by Gasteiger charge is -2.20. The van der Waals surface area contributed by atoms with Gasteiger partial charge in [0.1, 0.15) is 0 Å². The van der Waals surface area contributed by atoms with Gasteiger partial charge in [0, 0.05) is 37.4 Å². The Kier molecular flexibility index (Phi) is 8.83. The fraction of sp³-hybridized carbons (Fsp3) is 0.391. The molecule has 0 aliphatic heterocycles. The van der Waals surface area contributed by atoms with E-state index in [0.29, 0.717) is 43.0 Å². The number of anilines is 1. The molecule has 2 amide bonds. The number of hydrogen-bond acceptors (Lipinski definition) is 4. The van der Waals surface area contributed by atoms with E-state index in [1.807, 2.05) is 13.8 Å². The van der Waals surface area contributed by atoms with Crippen molar-refractivity contribution >= 4 is 39.1 Å². The lowest BCUT2D eigenvalue weighted by molar-refractivity contribution is 0.0773. The molecule has 0 aliphatic rings. The summed E-state index contributed by atoms with van der Waals surface area (Å²) in [6.07, 6.45) is 0. The zero-order valence-corrected chi connectivity index (χ0v) is 20.7. The summed E-state index contributed by atoms with van der Waals surface area (Å²) in [7, 11) is -3.71. The standard InChI is InChI=1S/C23H30ClN3O4S/c1-6-26(7-2)23(29)19-13-12-18(15-20(19)24)25-22(28)17-11-10-16(5)21(14-17)32(30,31)27(8-3)9-4/h10-15H,6-9H2,1-5H3,(H,25,28). The maximum absolute atomic E-state index is 12.9. The zero-order chi connectivity index (χ0) is 24.1. The first kappa shape index (κ1) is 25.8.